The van der Waals surface area contributed by atoms with E-state index in [0.29, 0.717) is 0 Å². The van der Waals surface area contributed by atoms with Crippen molar-refractivity contribution in [1.29, 1.82) is 0 Å². The molecule has 1 aromatic rings. The van der Waals surface area contributed by atoms with Crippen LogP contribution in [0, 0.1) is 13.8 Å². The van der Waals surface area contributed by atoms with Crippen LogP contribution in [0.2, 0.25) is 0 Å². The molecule has 2 nitrogen and oxygen atoms in total. The van der Waals surface area contributed by atoms with E-state index in [4.69, 9.17) is 0 Å². The van der Waals surface area contributed by atoms with E-state index in [0.717, 1.165) is 17.5 Å². The normalized spacial score (nSPS) is 14.4. The molecule has 0 atom stereocenters. The van der Waals surface area contributed by atoms with Gasteiger partial charge >= 0.3 is 0 Å². The Bertz CT molecular complexity index is 401. The third-order valence-electron chi connectivity index (χ3n) is 2.16. The van der Waals surface area contributed by atoms with E-state index in [-0.39, 0.29) is 0 Å². The van der Waals surface area contributed by atoms with Crippen LogP contribution in [-0.4, -0.2) is 17.9 Å². The number of rotatable bonds is 2. The van der Waals surface area contributed by atoms with Gasteiger partial charge in [0.05, 0.1) is 6.54 Å². The standard InChI is InChI=1S/C12H14N2S/c1-9-5-10(2)7-11(6-9)8-15-12-13-3-4-14-12/h3,5-7H,4,8H2,1-2H3. The fourth-order valence-electron chi connectivity index (χ4n) is 1.66. The predicted octanol–water partition coefficient (Wildman–Crippen LogP) is 2.98. The molecule has 0 spiro atoms. The summed E-state index contributed by atoms with van der Waals surface area (Å²) in [5.74, 6) is 0.957. The molecular formula is C12H14N2S. The molecule has 1 aliphatic heterocycles. The zero-order chi connectivity index (χ0) is 10.7. The van der Waals surface area contributed by atoms with Gasteiger partial charge in [0.2, 0.25) is 0 Å². The summed E-state index contributed by atoms with van der Waals surface area (Å²) < 4.78 is 0. The Hall–Kier alpha value is -1.09. The van der Waals surface area contributed by atoms with E-state index < -0.39 is 0 Å². The molecule has 0 radical (unpaired) electrons. The van der Waals surface area contributed by atoms with Gasteiger partial charge in [-0.05, 0) is 19.4 Å². The predicted molar refractivity (Wildman–Crippen MR) is 68.0 cm³/mol. The van der Waals surface area contributed by atoms with Crippen LogP contribution < -0.4 is 0 Å². The molecule has 15 heavy (non-hydrogen) atoms. The van der Waals surface area contributed by atoms with Crippen LogP contribution >= 0.6 is 11.8 Å². The maximum atomic E-state index is 4.25. The zero-order valence-electron chi connectivity index (χ0n) is 9.03. The summed E-state index contributed by atoms with van der Waals surface area (Å²) in [4.78, 5) is 8.44. The Morgan fingerprint density at radius 3 is 2.53 bits per heavy atom. The highest BCUT2D eigenvalue weighted by atomic mass is 32.2. The van der Waals surface area contributed by atoms with Crippen LogP contribution in [0.3, 0.4) is 0 Å². The Kier molecular flexibility index (Phi) is 3.21. The maximum Gasteiger partial charge on any atom is 0.183 e. The number of nitrogens with zero attached hydrogens (tertiary/aromatic N) is 2. The third-order valence-corrected chi connectivity index (χ3v) is 3.13. The molecule has 1 heterocycles. The first kappa shape index (κ1) is 10.4. The average molecular weight is 218 g/mol. The van der Waals surface area contributed by atoms with Crippen LogP contribution in [-0.2, 0) is 5.75 Å². The lowest BCUT2D eigenvalue weighted by molar-refractivity contribution is 1.30. The number of hydrogen-bond donors (Lipinski definition) is 0. The molecule has 0 aliphatic carbocycles. The number of aliphatic imine (C=N–C) groups is 2. The minimum absolute atomic E-state index is 0.745. The van der Waals surface area contributed by atoms with Gasteiger partial charge in [0.1, 0.15) is 0 Å². The SMILES string of the molecule is Cc1cc(C)cc(CSC2=NCC=N2)c1. The molecule has 0 amide bonds. The van der Waals surface area contributed by atoms with Crippen LogP contribution in [0.1, 0.15) is 16.7 Å². The highest BCUT2D eigenvalue weighted by Gasteiger charge is 2.03. The first-order valence-corrected chi connectivity index (χ1v) is 5.99. The van der Waals surface area contributed by atoms with Gasteiger partial charge in [0.25, 0.3) is 0 Å². The van der Waals surface area contributed by atoms with Crippen molar-refractivity contribution in [2.75, 3.05) is 6.54 Å². The van der Waals surface area contributed by atoms with E-state index in [1.165, 1.54) is 16.7 Å². The van der Waals surface area contributed by atoms with Crippen LogP contribution in [0.5, 0.6) is 0 Å². The van der Waals surface area contributed by atoms with Crippen molar-refractivity contribution in [2.45, 2.75) is 19.6 Å². The highest BCUT2D eigenvalue weighted by Crippen LogP contribution is 2.18. The van der Waals surface area contributed by atoms with Crippen LogP contribution in [0.25, 0.3) is 0 Å². The second kappa shape index (κ2) is 4.62. The molecule has 1 aliphatic rings. The summed E-state index contributed by atoms with van der Waals surface area (Å²) in [5.41, 5.74) is 3.99. The Labute approximate surface area is 94.5 Å². The van der Waals surface area contributed by atoms with Crippen molar-refractivity contribution >= 4 is 23.1 Å². The monoisotopic (exact) mass is 218 g/mol. The lowest BCUT2D eigenvalue weighted by Crippen LogP contribution is -1.88. The number of thioether (sulfide) groups is 1. The first-order chi connectivity index (χ1) is 7.24. The van der Waals surface area contributed by atoms with Crippen molar-refractivity contribution in [3.8, 4) is 0 Å². The molecule has 0 saturated carbocycles. The molecule has 3 heteroatoms. The molecule has 78 valence electrons. The second-order valence-corrected chi connectivity index (χ2v) is 4.66. The molecular weight excluding hydrogens is 204 g/mol. The summed E-state index contributed by atoms with van der Waals surface area (Å²) in [7, 11) is 0. The number of benzene rings is 1. The maximum absolute atomic E-state index is 4.25. The quantitative estimate of drug-likeness (QED) is 0.749. The Morgan fingerprint density at radius 1 is 1.20 bits per heavy atom. The third kappa shape index (κ3) is 2.93. The fraction of sp³-hybridized carbons (Fsp3) is 0.333. The van der Waals surface area contributed by atoms with Gasteiger partial charge in [0, 0.05) is 12.0 Å². The summed E-state index contributed by atoms with van der Waals surface area (Å²) in [5, 5.41) is 0.911. The molecule has 0 fully saturated rings. The minimum Gasteiger partial charge on any atom is -0.255 e. The minimum atomic E-state index is 0.745. The largest absolute Gasteiger partial charge is 0.255 e. The van der Waals surface area contributed by atoms with Crippen molar-refractivity contribution in [1.82, 2.24) is 0 Å². The molecule has 0 aromatic heterocycles. The van der Waals surface area contributed by atoms with Gasteiger partial charge in [-0.2, -0.15) is 0 Å². The summed E-state index contributed by atoms with van der Waals surface area (Å²) in [6, 6.07) is 6.64. The molecule has 0 bridgehead atoms. The van der Waals surface area contributed by atoms with E-state index in [1.807, 2.05) is 6.21 Å². The van der Waals surface area contributed by atoms with Gasteiger partial charge in [-0.1, -0.05) is 41.1 Å². The van der Waals surface area contributed by atoms with E-state index in [2.05, 4.69) is 42.0 Å². The highest BCUT2D eigenvalue weighted by molar-refractivity contribution is 8.13. The summed E-state index contributed by atoms with van der Waals surface area (Å²) in [6.45, 7) is 5.01. The molecule has 0 unspecified atom stereocenters. The second-order valence-electron chi connectivity index (χ2n) is 3.72. The molecule has 0 saturated heterocycles. The van der Waals surface area contributed by atoms with Crippen LogP contribution in [0.4, 0.5) is 0 Å². The van der Waals surface area contributed by atoms with E-state index in [9.17, 15) is 0 Å². The lowest BCUT2D eigenvalue weighted by atomic mass is 10.1. The smallest absolute Gasteiger partial charge is 0.183 e. The molecule has 1 aromatic carbocycles. The van der Waals surface area contributed by atoms with Crippen molar-refractivity contribution in [2.24, 2.45) is 9.98 Å². The van der Waals surface area contributed by atoms with Crippen LogP contribution in [0.15, 0.2) is 28.2 Å². The van der Waals surface area contributed by atoms with Gasteiger partial charge in [-0.15, -0.1) is 0 Å². The molecule has 0 N–H and O–H groups in total. The Balaban J connectivity index is 2.01. The topological polar surface area (TPSA) is 24.7 Å². The number of hydrogen-bond acceptors (Lipinski definition) is 3. The summed E-state index contributed by atoms with van der Waals surface area (Å²) >= 11 is 1.71. The Morgan fingerprint density at radius 2 is 1.93 bits per heavy atom. The number of amidine groups is 1. The van der Waals surface area contributed by atoms with E-state index >= 15 is 0 Å². The fourth-order valence-corrected chi connectivity index (χ4v) is 2.44. The van der Waals surface area contributed by atoms with Crippen molar-refractivity contribution < 1.29 is 0 Å². The summed E-state index contributed by atoms with van der Waals surface area (Å²) in [6.07, 6.45) is 1.85. The molecule has 2 rings (SSSR count). The lowest BCUT2D eigenvalue weighted by Gasteiger charge is -2.03. The van der Waals surface area contributed by atoms with E-state index in [1.54, 1.807) is 11.8 Å². The zero-order valence-corrected chi connectivity index (χ0v) is 9.84. The first-order valence-electron chi connectivity index (χ1n) is 5.01. The van der Waals surface area contributed by atoms with Gasteiger partial charge < -0.3 is 0 Å². The van der Waals surface area contributed by atoms with Crippen molar-refractivity contribution in [3.63, 3.8) is 0 Å². The van der Waals surface area contributed by atoms with Gasteiger partial charge in [0.15, 0.2) is 5.17 Å². The van der Waals surface area contributed by atoms with Gasteiger partial charge in [-0.3, -0.25) is 4.99 Å². The van der Waals surface area contributed by atoms with Crippen molar-refractivity contribution in [3.05, 3.63) is 34.9 Å². The number of aryl methyl sites for hydroxylation is 2. The average Bonchev–Trinajstić information content (AvgIpc) is 2.65. The van der Waals surface area contributed by atoms with Gasteiger partial charge in [-0.25, -0.2) is 4.99 Å².